The Kier molecular flexibility index (Phi) is 6.12. The number of amidine groups is 1. The van der Waals surface area contributed by atoms with Crippen LogP contribution in [0.15, 0.2) is 29.6 Å². The third-order valence-corrected chi connectivity index (χ3v) is 3.72. The van der Waals surface area contributed by atoms with Gasteiger partial charge in [0.15, 0.2) is 5.84 Å². The average molecular weight is 382 g/mol. The second-order valence-corrected chi connectivity index (χ2v) is 5.57. The van der Waals surface area contributed by atoms with Crippen LogP contribution in [0.25, 0.3) is 0 Å². The smallest absolute Gasteiger partial charge is 0.336 e. The highest BCUT2D eigenvalue weighted by Gasteiger charge is 2.17. The van der Waals surface area contributed by atoms with Gasteiger partial charge in [-0.15, -0.1) is 0 Å². The Bertz CT molecular complexity index is 864. The molecule has 0 aliphatic rings. The van der Waals surface area contributed by atoms with E-state index < -0.39 is 10.9 Å². The maximum Gasteiger partial charge on any atom is 0.336 e. The molecular formula is C15H16ClN5O5. The topological polar surface area (TPSA) is 135 Å². The number of halogens is 1. The molecule has 0 atom stereocenters. The van der Waals surface area contributed by atoms with Gasteiger partial charge >= 0.3 is 11.7 Å². The fourth-order valence-corrected chi connectivity index (χ4v) is 2.29. The van der Waals surface area contributed by atoms with E-state index in [-0.39, 0.29) is 24.5 Å². The van der Waals surface area contributed by atoms with Crippen molar-refractivity contribution in [2.75, 3.05) is 7.11 Å². The van der Waals surface area contributed by atoms with Crippen LogP contribution in [-0.4, -0.2) is 33.6 Å². The van der Waals surface area contributed by atoms with Gasteiger partial charge in [-0.3, -0.25) is 14.8 Å². The number of benzene rings is 1. The predicted molar refractivity (Wildman–Crippen MR) is 93.1 cm³/mol. The standard InChI is InChI=1S/C15H16ClN5O5/c1-9-12(21(23)24)8-18-20(9)6-5-14(22)26-19-15(17)11-7-10(16)3-4-13(11)25-2/h3-4,7-8H,5-6H2,1-2H3,(H2,17,19). The summed E-state index contributed by atoms with van der Waals surface area (Å²) in [5, 5.41) is 18.6. The van der Waals surface area contributed by atoms with Crippen LogP contribution >= 0.6 is 11.6 Å². The lowest BCUT2D eigenvalue weighted by Crippen LogP contribution is -2.17. The molecule has 0 aliphatic carbocycles. The molecule has 2 aromatic rings. The Morgan fingerprint density at radius 1 is 1.50 bits per heavy atom. The summed E-state index contributed by atoms with van der Waals surface area (Å²) >= 11 is 5.91. The van der Waals surface area contributed by atoms with Gasteiger partial charge in [-0.25, -0.2) is 4.79 Å². The number of carbonyl (C=O) groups is 1. The molecule has 138 valence electrons. The SMILES string of the molecule is COc1ccc(Cl)cc1/C(N)=N/OC(=O)CCn1ncc([N+](=O)[O-])c1C. The van der Waals surface area contributed by atoms with Crippen molar-refractivity contribution < 1.29 is 19.3 Å². The highest BCUT2D eigenvalue weighted by Crippen LogP contribution is 2.22. The Labute approximate surface area is 153 Å². The van der Waals surface area contributed by atoms with E-state index in [1.807, 2.05) is 0 Å². The maximum absolute atomic E-state index is 11.8. The number of aryl methyl sites for hydroxylation is 1. The molecule has 10 nitrogen and oxygen atoms in total. The van der Waals surface area contributed by atoms with Crippen molar-refractivity contribution in [2.45, 2.75) is 19.9 Å². The fourth-order valence-electron chi connectivity index (χ4n) is 2.11. The summed E-state index contributed by atoms with van der Waals surface area (Å²) in [5.74, 6) is -0.332. The number of hydrogen-bond donors (Lipinski definition) is 1. The van der Waals surface area contributed by atoms with Crippen molar-refractivity contribution in [2.24, 2.45) is 10.9 Å². The lowest BCUT2D eigenvalue weighted by atomic mass is 10.2. The molecule has 11 heteroatoms. The number of rotatable bonds is 7. The van der Waals surface area contributed by atoms with Crippen LogP contribution in [-0.2, 0) is 16.2 Å². The molecular weight excluding hydrogens is 366 g/mol. The van der Waals surface area contributed by atoms with E-state index in [1.54, 1.807) is 12.1 Å². The van der Waals surface area contributed by atoms with Crippen molar-refractivity contribution in [1.82, 2.24) is 9.78 Å². The minimum Gasteiger partial charge on any atom is -0.496 e. The number of carbonyl (C=O) groups excluding carboxylic acids is 1. The summed E-state index contributed by atoms with van der Waals surface area (Å²) in [6, 6.07) is 4.75. The van der Waals surface area contributed by atoms with E-state index in [4.69, 9.17) is 26.9 Å². The molecule has 0 aliphatic heterocycles. The number of ether oxygens (including phenoxy) is 1. The Morgan fingerprint density at radius 2 is 2.23 bits per heavy atom. The summed E-state index contributed by atoms with van der Waals surface area (Å²) in [6.45, 7) is 1.65. The summed E-state index contributed by atoms with van der Waals surface area (Å²) in [6.07, 6.45) is 1.03. The molecule has 0 amide bonds. The van der Waals surface area contributed by atoms with Gasteiger partial charge in [0.2, 0.25) is 0 Å². The van der Waals surface area contributed by atoms with E-state index >= 15 is 0 Å². The zero-order valence-electron chi connectivity index (χ0n) is 14.0. The van der Waals surface area contributed by atoms with Crippen molar-refractivity contribution in [3.8, 4) is 5.75 Å². The number of nitrogens with two attached hydrogens (primary N) is 1. The summed E-state index contributed by atoms with van der Waals surface area (Å²) < 4.78 is 6.48. The minimum absolute atomic E-state index is 0.0800. The first-order chi connectivity index (χ1) is 12.3. The molecule has 1 heterocycles. The number of aromatic nitrogens is 2. The van der Waals surface area contributed by atoms with Gasteiger partial charge in [-0.2, -0.15) is 5.10 Å². The van der Waals surface area contributed by atoms with Crippen LogP contribution < -0.4 is 10.5 Å². The monoisotopic (exact) mass is 381 g/mol. The van der Waals surface area contributed by atoms with Gasteiger partial charge in [-0.1, -0.05) is 16.8 Å². The number of methoxy groups -OCH3 is 1. The number of oxime groups is 1. The normalized spacial score (nSPS) is 11.3. The first-order valence-electron chi connectivity index (χ1n) is 7.37. The molecule has 0 saturated carbocycles. The average Bonchev–Trinajstić information content (AvgIpc) is 2.98. The molecule has 0 unspecified atom stereocenters. The first-order valence-corrected chi connectivity index (χ1v) is 7.75. The summed E-state index contributed by atoms with van der Waals surface area (Å²) in [4.78, 5) is 26.8. The van der Waals surface area contributed by atoms with Crippen LogP contribution in [0.5, 0.6) is 5.75 Å². The molecule has 0 spiro atoms. The van der Waals surface area contributed by atoms with E-state index in [0.717, 1.165) is 6.20 Å². The fraction of sp³-hybridized carbons (Fsp3) is 0.267. The highest BCUT2D eigenvalue weighted by molar-refractivity contribution is 6.31. The number of nitro groups is 1. The molecule has 2 rings (SSSR count). The molecule has 0 bridgehead atoms. The molecule has 1 aromatic heterocycles. The van der Waals surface area contributed by atoms with Gasteiger partial charge in [-0.05, 0) is 25.1 Å². The van der Waals surface area contributed by atoms with Crippen molar-refractivity contribution >= 4 is 29.1 Å². The predicted octanol–water partition coefficient (Wildman–Crippen LogP) is 2.02. The molecule has 1 aromatic carbocycles. The Morgan fingerprint density at radius 3 is 2.85 bits per heavy atom. The van der Waals surface area contributed by atoms with E-state index in [9.17, 15) is 14.9 Å². The van der Waals surface area contributed by atoms with Gasteiger partial charge < -0.3 is 15.3 Å². The third kappa shape index (κ3) is 4.48. The lowest BCUT2D eigenvalue weighted by molar-refractivity contribution is -0.385. The van der Waals surface area contributed by atoms with Crippen LogP contribution in [0.1, 0.15) is 17.7 Å². The second kappa shape index (κ2) is 8.30. The lowest BCUT2D eigenvalue weighted by Gasteiger charge is -2.08. The zero-order chi connectivity index (χ0) is 19.3. The number of nitrogens with zero attached hydrogens (tertiary/aromatic N) is 4. The van der Waals surface area contributed by atoms with Crippen LogP contribution in [0.2, 0.25) is 5.02 Å². The van der Waals surface area contributed by atoms with E-state index in [2.05, 4.69) is 10.3 Å². The van der Waals surface area contributed by atoms with Gasteiger partial charge in [0, 0.05) is 5.02 Å². The quantitative estimate of drug-likeness (QED) is 0.255. The van der Waals surface area contributed by atoms with Crippen molar-refractivity contribution in [3.05, 3.63) is 50.8 Å². The van der Waals surface area contributed by atoms with Crippen LogP contribution in [0.4, 0.5) is 5.69 Å². The number of hydrogen-bond acceptors (Lipinski definition) is 7. The van der Waals surface area contributed by atoms with Crippen LogP contribution in [0.3, 0.4) is 0 Å². The molecule has 0 radical (unpaired) electrons. The van der Waals surface area contributed by atoms with Crippen LogP contribution in [0, 0.1) is 17.0 Å². The van der Waals surface area contributed by atoms with Crippen molar-refractivity contribution in [1.29, 1.82) is 0 Å². The third-order valence-electron chi connectivity index (χ3n) is 3.48. The molecule has 0 fully saturated rings. The van der Waals surface area contributed by atoms with E-state index in [1.165, 1.54) is 24.8 Å². The van der Waals surface area contributed by atoms with Gasteiger partial charge in [0.05, 0.1) is 30.6 Å². The molecule has 0 saturated heterocycles. The Balaban J connectivity index is 1.99. The molecule has 2 N–H and O–H groups in total. The van der Waals surface area contributed by atoms with Crippen molar-refractivity contribution in [3.63, 3.8) is 0 Å². The largest absolute Gasteiger partial charge is 0.496 e. The minimum atomic E-state index is -0.675. The van der Waals surface area contributed by atoms with Gasteiger partial charge in [0.1, 0.15) is 17.6 Å². The zero-order valence-corrected chi connectivity index (χ0v) is 14.8. The Hall–Kier alpha value is -3.14. The second-order valence-electron chi connectivity index (χ2n) is 5.13. The van der Waals surface area contributed by atoms with Gasteiger partial charge in [0.25, 0.3) is 0 Å². The van der Waals surface area contributed by atoms with E-state index in [0.29, 0.717) is 22.0 Å². The highest BCUT2D eigenvalue weighted by atomic mass is 35.5. The summed E-state index contributed by atoms with van der Waals surface area (Å²) in [5.41, 5.74) is 6.40. The first kappa shape index (κ1) is 19.2. The summed E-state index contributed by atoms with van der Waals surface area (Å²) in [7, 11) is 1.46. The maximum atomic E-state index is 11.8. The molecule has 26 heavy (non-hydrogen) atoms.